The number of pyridine rings is 1. The van der Waals surface area contributed by atoms with Crippen molar-refractivity contribution in [3.05, 3.63) is 65.5 Å². The molecule has 0 radical (unpaired) electrons. The molecule has 3 heterocycles. The highest BCUT2D eigenvalue weighted by Gasteiger charge is 2.49. The molecule has 0 unspecified atom stereocenters. The molecule has 2 atom stereocenters. The number of aryl methyl sites for hydroxylation is 1. The molecule has 152 valence electrons. The van der Waals surface area contributed by atoms with Gasteiger partial charge in [-0.15, -0.1) is 0 Å². The third kappa shape index (κ3) is 4.08. The van der Waals surface area contributed by atoms with Gasteiger partial charge >= 0.3 is 0 Å². The highest BCUT2D eigenvalue weighted by Crippen LogP contribution is 2.46. The van der Waals surface area contributed by atoms with Crippen LogP contribution in [0.1, 0.15) is 56.4 Å². The van der Waals surface area contributed by atoms with E-state index in [2.05, 4.69) is 54.1 Å². The van der Waals surface area contributed by atoms with Crippen LogP contribution < -0.4 is 0 Å². The number of hydrogen-bond donors (Lipinski definition) is 0. The van der Waals surface area contributed by atoms with Crippen LogP contribution >= 0.6 is 0 Å². The lowest BCUT2D eigenvalue weighted by Crippen LogP contribution is -2.44. The van der Waals surface area contributed by atoms with Crippen LogP contribution in [0.15, 0.2) is 48.7 Å². The van der Waals surface area contributed by atoms with Crippen LogP contribution in [0.4, 0.5) is 0 Å². The smallest absolute Gasteiger partial charge is 0.0991 e. The van der Waals surface area contributed by atoms with Crippen LogP contribution in [-0.2, 0) is 16.7 Å². The van der Waals surface area contributed by atoms with E-state index in [1.165, 1.54) is 24.8 Å². The second-order valence-electron chi connectivity index (χ2n) is 9.12. The first-order valence-electron chi connectivity index (χ1n) is 10.8. The second-order valence-corrected chi connectivity index (χ2v) is 9.12. The number of ether oxygens (including phenoxy) is 1. The molecule has 2 fully saturated rings. The number of hydrogen-bond acceptors (Lipinski definition) is 4. The Hall–Kier alpha value is -2.22. The molecule has 0 N–H and O–H groups in total. The molecule has 0 amide bonds. The molecule has 0 bridgehead atoms. The lowest BCUT2D eigenvalue weighted by Gasteiger charge is -2.39. The summed E-state index contributed by atoms with van der Waals surface area (Å²) in [6.07, 6.45) is 7.92. The highest BCUT2D eigenvalue weighted by molar-refractivity contribution is 5.31. The first-order chi connectivity index (χ1) is 14.0. The summed E-state index contributed by atoms with van der Waals surface area (Å²) in [7, 11) is 0. The Balaban J connectivity index is 1.52. The molecule has 1 aromatic carbocycles. The van der Waals surface area contributed by atoms with Crippen molar-refractivity contribution in [3.8, 4) is 6.07 Å². The summed E-state index contributed by atoms with van der Waals surface area (Å²) >= 11 is 0. The summed E-state index contributed by atoms with van der Waals surface area (Å²) in [5.41, 5.74) is 3.28. The predicted octanol–water partition coefficient (Wildman–Crippen LogP) is 4.69. The minimum absolute atomic E-state index is 0.0872. The number of rotatable bonds is 6. The van der Waals surface area contributed by atoms with E-state index < -0.39 is 0 Å². The molecule has 4 rings (SSSR count). The normalized spacial score (nSPS) is 25.2. The van der Waals surface area contributed by atoms with Gasteiger partial charge in [-0.3, -0.25) is 9.88 Å². The number of aromatic nitrogens is 1. The quantitative estimate of drug-likeness (QED) is 0.719. The van der Waals surface area contributed by atoms with Crippen molar-refractivity contribution < 1.29 is 4.74 Å². The molecule has 2 saturated heterocycles. The summed E-state index contributed by atoms with van der Waals surface area (Å²) in [5, 5.41) is 9.04. The third-order valence-electron chi connectivity index (χ3n) is 7.07. The summed E-state index contributed by atoms with van der Waals surface area (Å²) in [6.45, 7) is 7.62. The summed E-state index contributed by atoms with van der Waals surface area (Å²) in [4.78, 5) is 7.26. The van der Waals surface area contributed by atoms with Crippen LogP contribution in [0.2, 0.25) is 0 Å². The van der Waals surface area contributed by atoms with Gasteiger partial charge in [-0.05, 0) is 82.3 Å². The third-order valence-corrected chi connectivity index (χ3v) is 7.07. The van der Waals surface area contributed by atoms with E-state index in [4.69, 9.17) is 10.00 Å². The zero-order chi connectivity index (χ0) is 20.3. The largest absolute Gasteiger partial charge is 0.378 e. The average Bonchev–Trinajstić information content (AvgIpc) is 3.44. The zero-order valence-electron chi connectivity index (χ0n) is 17.6. The van der Waals surface area contributed by atoms with Crippen molar-refractivity contribution in [3.63, 3.8) is 0 Å². The molecule has 0 aliphatic carbocycles. The van der Waals surface area contributed by atoms with Gasteiger partial charge < -0.3 is 4.74 Å². The van der Waals surface area contributed by atoms with Crippen molar-refractivity contribution >= 4 is 0 Å². The van der Waals surface area contributed by atoms with Crippen molar-refractivity contribution in [1.82, 2.24) is 9.88 Å². The van der Waals surface area contributed by atoms with E-state index in [9.17, 15) is 0 Å². The Kier molecular flexibility index (Phi) is 5.72. The fourth-order valence-electron chi connectivity index (χ4n) is 5.09. The monoisotopic (exact) mass is 389 g/mol. The van der Waals surface area contributed by atoms with Crippen LogP contribution in [0.25, 0.3) is 0 Å². The molecular weight excluding hydrogens is 358 g/mol. The van der Waals surface area contributed by atoms with E-state index in [0.29, 0.717) is 6.10 Å². The van der Waals surface area contributed by atoms with E-state index in [-0.39, 0.29) is 11.0 Å². The number of benzene rings is 1. The van der Waals surface area contributed by atoms with E-state index in [1.807, 2.05) is 24.4 Å². The molecule has 2 aliphatic rings. The molecular formula is C25H31N3O. The van der Waals surface area contributed by atoms with Gasteiger partial charge in [0, 0.05) is 24.8 Å². The van der Waals surface area contributed by atoms with Crippen molar-refractivity contribution in [2.24, 2.45) is 5.41 Å². The van der Waals surface area contributed by atoms with Crippen LogP contribution in [0, 0.1) is 16.7 Å². The van der Waals surface area contributed by atoms with Crippen molar-refractivity contribution in [2.45, 2.75) is 57.6 Å². The zero-order valence-corrected chi connectivity index (χ0v) is 17.6. The molecule has 1 aromatic heterocycles. The molecule has 29 heavy (non-hydrogen) atoms. The van der Waals surface area contributed by atoms with E-state index in [0.717, 1.165) is 43.8 Å². The Morgan fingerprint density at radius 3 is 2.72 bits per heavy atom. The van der Waals surface area contributed by atoms with Gasteiger partial charge in [-0.25, -0.2) is 0 Å². The van der Waals surface area contributed by atoms with Gasteiger partial charge in [-0.2, -0.15) is 5.26 Å². The lowest BCUT2D eigenvalue weighted by molar-refractivity contribution is -0.00860. The number of nitrogens with zero attached hydrogens (tertiary/aromatic N) is 3. The van der Waals surface area contributed by atoms with Gasteiger partial charge in [0.05, 0.1) is 29.0 Å². The number of nitriles is 1. The van der Waals surface area contributed by atoms with Gasteiger partial charge in [0.25, 0.3) is 0 Å². The van der Waals surface area contributed by atoms with Gasteiger partial charge in [-0.1, -0.05) is 18.2 Å². The summed E-state index contributed by atoms with van der Waals surface area (Å²) < 4.78 is 6.25. The van der Waals surface area contributed by atoms with Gasteiger partial charge in [0.15, 0.2) is 0 Å². The summed E-state index contributed by atoms with van der Waals surface area (Å²) in [6, 6.07) is 16.5. The SMILES string of the molecule is CC(C)(c1ccccn1)N1CC[C@@](CCc2ccc(C#N)cc2)([C@H]2CCCO2)C1. The Morgan fingerprint density at radius 1 is 1.24 bits per heavy atom. The molecule has 2 aliphatic heterocycles. The topological polar surface area (TPSA) is 49.2 Å². The maximum absolute atomic E-state index is 9.04. The number of likely N-dealkylation sites (tertiary alicyclic amines) is 1. The standard InChI is InChI=1S/C25H31N3O/c1-24(2,22-6-3-4-15-27-22)28-16-14-25(19-28,23-7-5-17-29-23)13-12-20-8-10-21(18-26)11-9-20/h3-4,6,8-11,15,23H,5,7,12-14,16-17,19H2,1-2H3/t23-,25-/m1/s1. The Labute approximate surface area is 174 Å². The maximum atomic E-state index is 9.04. The molecule has 0 spiro atoms. The first-order valence-corrected chi connectivity index (χ1v) is 10.8. The van der Waals surface area contributed by atoms with Gasteiger partial charge in [0.2, 0.25) is 0 Å². The molecule has 4 nitrogen and oxygen atoms in total. The van der Waals surface area contributed by atoms with E-state index >= 15 is 0 Å². The molecule has 0 saturated carbocycles. The first kappa shape index (κ1) is 20.1. The van der Waals surface area contributed by atoms with E-state index in [1.54, 1.807) is 0 Å². The Bertz CT molecular complexity index is 850. The van der Waals surface area contributed by atoms with Crippen LogP contribution in [0.3, 0.4) is 0 Å². The fraction of sp³-hybridized carbons (Fsp3) is 0.520. The molecule has 2 aromatic rings. The minimum atomic E-state index is -0.0872. The van der Waals surface area contributed by atoms with Crippen molar-refractivity contribution in [2.75, 3.05) is 19.7 Å². The fourth-order valence-corrected chi connectivity index (χ4v) is 5.09. The highest BCUT2D eigenvalue weighted by atomic mass is 16.5. The lowest BCUT2D eigenvalue weighted by atomic mass is 9.75. The maximum Gasteiger partial charge on any atom is 0.0991 e. The van der Waals surface area contributed by atoms with Crippen LogP contribution in [-0.4, -0.2) is 35.7 Å². The Morgan fingerprint density at radius 2 is 2.07 bits per heavy atom. The predicted molar refractivity (Wildman–Crippen MR) is 114 cm³/mol. The molecule has 4 heteroatoms. The average molecular weight is 390 g/mol. The minimum Gasteiger partial charge on any atom is -0.378 e. The van der Waals surface area contributed by atoms with Crippen molar-refractivity contribution in [1.29, 1.82) is 5.26 Å². The second kappa shape index (κ2) is 8.26. The van der Waals surface area contributed by atoms with Crippen LogP contribution in [0.5, 0.6) is 0 Å². The summed E-state index contributed by atoms with van der Waals surface area (Å²) in [5.74, 6) is 0. The van der Waals surface area contributed by atoms with Gasteiger partial charge in [0.1, 0.15) is 0 Å².